The summed E-state index contributed by atoms with van der Waals surface area (Å²) in [7, 11) is 0. The molecule has 2 unspecified atom stereocenters. The van der Waals surface area contributed by atoms with Crippen LogP contribution in [0.15, 0.2) is 78.9 Å². The number of ketones is 1. The van der Waals surface area contributed by atoms with Crippen molar-refractivity contribution in [2.24, 2.45) is 5.92 Å². The minimum atomic E-state index is -1.39. The number of hydrogen-bond donors (Lipinski definition) is 3. The van der Waals surface area contributed by atoms with Gasteiger partial charge in [-0.2, -0.15) is 0 Å². The van der Waals surface area contributed by atoms with E-state index in [0.717, 1.165) is 16.0 Å². The maximum absolute atomic E-state index is 13.8. The summed E-state index contributed by atoms with van der Waals surface area (Å²) >= 11 is 0. The van der Waals surface area contributed by atoms with Gasteiger partial charge in [0.25, 0.3) is 17.7 Å². The summed E-state index contributed by atoms with van der Waals surface area (Å²) in [5, 5.41) is 15.1. The van der Waals surface area contributed by atoms with Crippen molar-refractivity contribution in [3.8, 4) is 11.1 Å². The predicted octanol–water partition coefficient (Wildman–Crippen LogP) is 2.61. The Morgan fingerprint density at radius 2 is 1.47 bits per heavy atom. The molecule has 0 aromatic heterocycles. The van der Waals surface area contributed by atoms with Gasteiger partial charge in [-0.25, -0.2) is 0 Å². The van der Waals surface area contributed by atoms with E-state index in [1.54, 1.807) is 30.3 Å². The minimum Gasteiger partial charge on any atom is -0.393 e. The molecule has 2 aliphatic heterocycles. The van der Waals surface area contributed by atoms with Gasteiger partial charge in [0.05, 0.1) is 36.9 Å². The van der Waals surface area contributed by atoms with E-state index < -0.39 is 60.2 Å². The van der Waals surface area contributed by atoms with Crippen LogP contribution < -0.4 is 10.6 Å². The average molecular weight is 584 g/mol. The number of fused-ring (bicyclic) bond motifs is 1. The Morgan fingerprint density at radius 3 is 2.05 bits per heavy atom. The Bertz CT molecular complexity index is 1530. The van der Waals surface area contributed by atoms with Gasteiger partial charge >= 0.3 is 0 Å². The summed E-state index contributed by atoms with van der Waals surface area (Å²) < 4.78 is 5.24. The van der Waals surface area contributed by atoms with Crippen LogP contribution in [0.5, 0.6) is 0 Å². The fourth-order valence-corrected chi connectivity index (χ4v) is 5.19. The van der Waals surface area contributed by atoms with Gasteiger partial charge in [0, 0.05) is 5.56 Å². The fraction of sp³-hybridized carbons (Fsp3) is 0.303. The number of Topliss-reactive ketones (excluding diaryl/α,β-unsaturated/α-hetero) is 1. The van der Waals surface area contributed by atoms with Gasteiger partial charge in [-0.05, 0) is 47.7 Å². The minimum absolute atomic E-state index is 0.00579. The summed E-state index contributed by atoms with van der Waals surface area (Å²) in [4.78, 5) is 67.7. The lowest BCUT2D eigenvalue weighted by Gasteiger charge is -2.27. The number of imide groups is 1. The number of carbonyl (C=O) groups is 5. The molecule has 2 aliphatic rings. The van der Waals surface area contributed by atoms with Gasteiger partial charge in [-0.3, -0.25) is 28.9 Å². The lowest BCUT2D eigenvalue weighted by Crippen LogP contribution is -2.58. The summed E-state index contributed by atoms with van der Waals surface area (Å²) in [5.74, 6) is -3.00. The van der Waals surface area contributed by atoms with Crippen molar-refractivity contribution in [3.63, 3.8) is 0 Å². The third-order valence-corrected chi connectivity index (χ3v) is 7.63. The van der Waals surface area contributed by atoms with Crippen LogP contribution in [0.2, 0.25) is 0 Å². The standard InChI is InChI=1S/C33H33N3O7/c1-20(2)15-26(28(38)33(18-37)19-43-33)34-30(40)27(17-36-31(41)24-13-6-7-14-25(24)32(36)42)35-29(39)23-12-8-11-22(16-23)21-9-4-3-5-10-21/h3-14,16,20,26-27,37H,15,17-19H2,1-2H3,(H,34,40)(H,35,39)/t26?,27-,33?/m0/s1. The molecule has 0 spiro atoms. The molecule has 5 rings (SSSR count). The molecular weight excluding hydrogens is 550 g/mol. The van der Waals surface area contributed by atoms with Crippen LogP contribution in [0, 0.1) is 5.92 Å². The molecule has 10 heteroatoms. The Balaban J connectivity index is 1.42. The zero-order valence-electron chi connectivity index (χ0n) is 23.9. The maximum atomic E-state index is 13.8. The van der Waals surface area contributed by atoms with Gasteiger partial charge < -0.3 is 20.5 Å². The number of rotatable bonds is 12. The zero-order valence-corrected chi connectivity index (χ0v) is 23.9. The second-order valence-corrected chi connectivity index (χ2v) is 11.2. The van der Waals surface area contributed by atoms with E-state index in [9.17, 15) is 29.1 Å². The Labute approximate surface area is 249 Å². The van der Waals surface area contributed by atoms with Gasteiger partial charge in [0.2, 0.25) is 5.91 Å². The number of aliphatic hydroxyl groups excluding tert-OH is 1. The van der Waals surface area contributed by atoms with Crippen LogP contribution in [-0.4, -0.2) is 76.9 Å². The zero-order chi connectivity index (χ0) is 30.7. The Morgan fingerprint density at radius 1 is 0.860 bits per heavy atom. The van der Waals surface area contributed by atoms with Crippen LogP contribution >= 0.6 is 0 Å². The SMILES string of the molecule is CC(C)CC(NC(=O)[C@H](CN1C(=O)c2ccccc2C1=O)NC(=O)c1cccc(-c2ccccc2)c1)C(=O)C1(CO)CO1. The van der Waals surface area contributed by atoms with Crippen molar-refractivity contribution in [1.82, 2.24) is 15.5 Å². The molecule has 3 aromatic rings. The first-order chi connectivity index (χ1) is 20.6. The van der Waals surface area contributed by atoms with Crippen molar-refractivity contribution >= 4 is 29.4 Å². The average Bonchev–Trinajstić information content (AvgIpc) is 3.79. The predicted molar refractivity (Wildman–Crippen MR) is 157 cm³/mol. The number of hydrogen-bond acceptors (Lipinski definition) is 7. The van der Waals surface area contributed by atoms with Crippen molar-refractivity contribution in [1.29, 1.82) is 0 Å². The monoisotopic (exact) mass is 583 g/mol. The summed E-state index contributed by atoms with van der Waals surface area (Å²) in [5.41, 5.74) is 0.992. The lowest BCUT2D eigenvalue weighted by molar-refractivity contribution is -0.133. The molecule has 3 aromatic carbocycles. The number of benzene rings is 3. The maximum Gasteiger partial charge on any atom is 0.261 e. The lowest BCUT2D eigenvalue weighted by atomic mass is 9.92. The van der Waals surface area contributed by atoms with E-state index >= 15 is 0 Å². The number of nitrogens with zero attached hydrogens (tertiary/aromatic N) is 1. The molecule has 222 valence electrons. The van der Waals surface area contributed by atoms with Crippen LogP contribution in [0.4, 0.5) is 0 Å². The third-order valence-electron chi connectivity index (χ3n) is 7.63. The Kier molecular flexibility index (Phi) is 8.52. The molecule has 4 amide bonds. The molecule has 1 fully saturated rings. The largest absolute Gasteiger partial charge is 0.393 e. The first-order valence-corrected chi connectivity index (χ1v) is 14.1. The number of aliphatic hydroxyl groups is 1. The van der Waals surface area contributed by atoms with Crippen molar-refractivity contribution in [2.75, 3.05) is 19.8 Å². The highest BCUT2D eigenvalue weighted by Gasteiger charge is 2.54. The topological polar surface area (TPSA) is 145 Å². The highest BCUT2D eigenvalue weighted by Crippen LogP contribution is 2.30. The van der Waals surface area contributed by atoms with Crippen LogP contribution in [0.1, 0.15) is 51.3 Å². The van der Waals surface area contributed by atoms with Gasteiger partial charge in [0.1, 0.15) is 6.04 Å². The van der Waals surface area contributed by atoms with E-state index in [0.29, 0.717) is 0 Å². The van der Waals surface area contributed by atoms with E-state index in [1.165, 1.54) is 12.1 Å². The van der Waals surface area contributed by atoms with Gasteiger partial charge in [0.15, 0.2) is 11.4 Å². The number of nitrogens with one attached hydrogen (secondary N) is 2. The van der Waals surface area contributed by atoms with Gasteiger partial charge in [-0.1, -0.05) is 68.4 Å². The summed E-state index contributed by atoms with van der Waals surface area (Å²) in [6, 6.07) is 20.2. The molecule has 0 bridgehead atoms. The molecule has 3 atom stereocenters. The highest BCUT2D eigenvalue weighted by atomic mass is 16.6. The van der Waals surface area contributed by atoms with Gasteiger partial charge in [-0.15, -0.1) is 0 Å². The number of epoxide rings is 1. The van der Waals surface area contributed by atoms with Crippen LogP contribution in [-0.2, 0) is 14.3 Å². The van der Waals surface area contributed by atoms with E-state index in [4.69, 9.17) is 4.74 Å². The summed E-state index contributed by atoms with van der Waals surface area (Å²) in [6.45, 7) is 2.82. The van der Waals surface area contributed by atoms with Crippen molar-refractivity contribution in [3.05, 3.63) is 95.6 Å². The second kappa shape index (κ2) is 12.3. The quantitative estimate of drug-likeness (QED) is 0.220. The van der Waals surface area contributed by atoms with Crippen LogP contribution in [0.3, 0.4) is 0 Å². The van der Waals surface area contributed by atoms with E-state index in [1.807, 2.05) is 50.2 Å². The number of ether oxygens (including phenoxy) is 1. The highest BCUT2D eigenvalue weighted by molar-refractivity contribution is 6.21. The van der Waals surface area contributed by atoms with Crippen molar-refractivity contribution < 1.29 is 33.8 Å². The molecule has 10 nitrogen and oxygen atoms in total. The smallest absolute Gasteiger partial charge is 0.261 e. The molecule has 1 saturated heterocycles. The molecule has 0 radical (unpaired) electrons. The number of carbonyl (C=O) groups excluding carboxylic acids is 5. The third kappa shape index (κ3) is 6.25. The summed E-state index contributed by atoms with van der Waals surface area (Å²) in [6.07, 6.45) is 0.252. The fourth-order valence-electron chi connectivity index (χ4n) is 5.19. The second-order valence-electron chi connectivity index (χ2n) is 11.2. The Hall–Kier alpha value is -4.67. The van der Waals surface area contributed by atoms with E-state index in [2.05, 4.69) is 10.6 Å². The first-order valence-electron chi connectivity index (χ1n) is 14.1. The molecule has 0 saturated carbocycles. The molecule has 3 N–H and O–H groups in total. The molecule has 0 aliphatic carbocycles. The first kappa shape index (κ1) is 29.8. The van der Waals surface area contributed by atoms with Crippen LogP contribution in [0.25, 0.3) is 11.1 Å². The molecular formula is C33H33N3O7. The van der Waals surface area contributed by atoms with Crippen molar-refractivity contribution in [2.45, 2.75) is 38.0 Å². The normalized spacial score (nSPS) is 18.7. The van der Waals surface area contributed by atoms with E-state index in [-0.39, 0.29) is 35.6 Å². The molecule has 2 heterocycles. The molecule has 43 heavy (non-hydrogen) atoms. The number of amides is 4.